The van der Waals surface area contributed by atoms with Crippen LogP contribution in [0.3, 0.4) is 0 Å². The van der Waals surface area contributed by atoms with Gasteiger partial charge in [0.15, 0.2) is 6.29 Å². The van der Waals surface area contributed by atoms with Crippen molar-refractivity contribution in [1.82, 2.24) is 5.32 Å². The Bertz CT molecular complexity index is 774. The molecule has 1 amide bonds. The topological polar surface area (TPSA) is 203 Å². The maximum absolute atomic E-state index is 12.5. The molecule has 0 spiro atoms. The van der Waals surface area contributed by atoms with Crippen LogP contribution < -0.4 is 5.32 Å². The van der Waals surface area contributed by atoms with Crippen molar-refractivity contribution in [2.24, 2.45) is 5.92 Å². The zero-order valence-corrected chi connectivity index (χ0v) is 28.1. The minimum atomic E-state index is -1.65. The second-order valence-electron chi connectivity index (χ2n) is 12.0. The standard InChI is InChI=1S/C32H61NO13/c1-4-5-6-7-8-9-10-11-12-13-14-15-16-23(2)27(36)24(20-43-31-30(39)29(38)28(37)25(19-34)46-31)33-32(40)45-22-44-26(35)21-42-18-17-41-3/h23-25,27-31,34,36-39H,4-22H2,1-3H3,(H,33,40)/t23-,24?,25?,27-,28+,29+,30?,31+/m1/s1. The van der Waals surface area contributed by atoms with Crippen LogP contribution in [-0.4, -0.2) is 127 Å². The van der Waals surface area contributed by atoms with Crippen LogP contribution in [-0.2, 0) is 33.2 Å². The zero-order valence-electron chi connectivity index (χ0n) is 28.1. The Morgan fingerprint density at radius 2 is 1.46 bits per heavy atom. The normalized spacial score (nSPS) is 23.4. The first-order valence-electron chi connectivity index (χ1n) is 16.9. The first-order valence-corrected chi connectivity index (χ1v) is 16.9. The van der Waals surface area contributed by atoms with Gasteiger partial charge in [-0.15, -0.1) is 0 Å². The molecule has 1 aliphatic heterocycles. The van der Waals surface area contributed by atoms with E-state index in [0.717, 1.165) is 19.3 Å². The fourth-order valence-corrected chi connectivity index (χ4v) is 5.19. The minimum absolute atomic E-state index is 0.193. The molecule has 1 fully saturated rings. The third-order valence-electron chi connectivity index (χ3n) is 8.16. The lowest BCUT2D eigenvalue weighted by Crippen LogP contribution is -2.60. The maximum atomic E-state index is 12.5. The number of hydrogen-bond acceptors (Lipinski definition) is 13. The Balaban J connectivity index is 2.57. The number of hydrogen-bond donors (Lipinski definition) is 6. The second-order valence-corrected chi connectivity index (χ2v) is 12.0. The van der Waals surface area contributed by atoms with E-state index in [-0.39, 0.29) is 25.7 Å². The van der Waals surface area contributed by atoms with Gasteiger partial charge in [-0.05, 0) is 12.3 Å². The minimum Gasteiger partial charge on any atom is -0.426 e. The summed E-state index contributed by atoms with van der Waals surface area (Å²) in [6.07, 6.45) is 5.67. The number of aliphatic hydroxyl groups is 5. The molecule has 0 aliphatic carbocycles. The number of nitrogens with one attached hydrogen (secondary N) is 1. The summed E-state index contributed by atoms with van der Waals surface area (Å²) in [6, 6.07) is -1.04. The van der Waals surface area contributed by atoms with Gasteiger partial charge in [0.05, 0.1) is 38.6 Å². The van der Waals surface area contributed by atoms with Gasteiger partial charge in [0, 0.05) is 7.11 Å². The van der Waals surface area contributed by atoms with Crippen molar-refractivity contribution < 1.29 is 63.5 Å². The van der Waals surface area contributed by atoms with Crippen LogP contribution >= 0.6 is 0 Å². The average Bonchev–Trinajstić information content (AvgIpc) is 3.04. The molecule has 0 saturated carbocycles. The van der Waals surface area contributed by atoms with E-state index >= 15 is 0 Å². The fourth-order valence-electron chi connectivity index (χ4n) is 5.19. The fraction of sp³-hybridized carbons (Fsp3) is 0.938. The lowest BCUT2D eigenvalue weighted by molar-refractivity contribution is -0.303. The van der Waals surface area contributed by atoms with Crippen molar-refractivity contribution in [1.29, 1.82) is 0 Å². The average molecular weight is 668 g/mol. The molecule has 0 aromatic heterocycles. The van der Waals surface area contributed by atoms with Gasteiger partial charge in [-0.25, -0.2) is 9.59 Å². The van der Waals surface area contributed by atoms with E-state index in [2.05, 4.69) is 12.2 Å². The van der Waals surface area contributed by atoms with Gasteiger partial charge in [0.2, 0.25) is 6.79 Å². The number of carbonyl (C=O) groups excluding carboxylic acids is 2. The highest BCUT2D eigenvalue weighted by Gasteiger charge is 2.44. The Kier molecular flexibility index (Phi) is 24.3. The van der Waals surface area contributed by atoms with Crippen LogP contribution in [0.1, 0.15) is 97.3 Å². The molecule has 14 nitrogen and oxygen atoms in total. The molecule has 46 heavy (non-hydrogen) atoms. The third kappa shape index (κ3) is 18.1. The van der Waals surface area contributed by atoms with E-state index in [1.165, 1.54) is 64.9 Å². The summed E-state index contributed by atoms with van der Waals surface area (Å²) in [5, 5.41) is 53.5. The van der Waals surface area contributed by atoms with Crippen LogP contribution in [0.4, 0.5) is 4.79 Å². The summed E-state index contributed by atoms with van der Waals surface area (Å²) >= 11 is 0. The molecule has 1 heterocycles. The largest absolute Gasteiger partial charge is 0.426 e. The van der Waals surface area contributed by atoms with Crippen molar-refractivity contribution in [3.8, 4) is 0 Å². The van der Waals surface area contributed by atoms with Crippen molar-refractivity contribution in [2.45, 2.75) is 140 Å². The van der Waals surface area contributed by atoms with Gasteiger partial charge in [-0.2, -0.15) is 0 Å². The molecule has 1 saturated heterocycles. The van der Waals surface area contributed by atoms with Gasteiger partial charge in [0.25, 0.3) is 0 Å². The van der Waals surface area contributed by atoms with Crippen molar-refractivity contribution in [3.63, 3.8) is 0 Å². The van der Waals surface area contributed by atoms with Crippen molar-refractivity contribution in [3.05, 3.63) is 0 Å². The van der Waals surface area contributed by atoms with Crippen LogP contribution in [0.25, 0.3) is 0 Å². The van der Waals surface area contributed by atoms with Gasteiger partial charge >= 0.3 is 12.1 Å². The SMILES string of the molecule is CCCCCCCCCCCCCC[C@@H](C)[C@@H](O)C(CO[C@H]1OC(CO)[C@H](O)[C@H](O)C1O)NC(=O)OCOC(=O)COCCOC. The monoisotopic (exact) mass is 667 g/mol. The quantitative estimate of drug-likeness (QED) is 0.0423. The van der Waals surface area contributed by atoms with Crippen LogP contribution in [0, 0.1) is 5.92 Å². The third-order valence-corrected chi connectivity index (χ3v) is 8.16. The number of aliphatic hydroxyl groups excluding tert-OH is 5. The number of unbranched alkanes of at least 4 members (excludes halogenated alkanes) is 11. The van der Waals surface area contributed by atoms with Gasteiger partial charge < -0.3 is 59.3 Å². The lowest BCUT2D eigenvalue weighted by Gasteiger charge is -2.40. The molecule has 272 valence electrons. The highest BCUT2D eigenvalue weighted by Crippen LogP contribution is 2.23. The molecule has 8 atom stereocenters. The van der Waals surface area contributed by atoms with Crippen LogP contribution in [0.15, 0.2) is 0 Å². The summed E-state index contributed by atoms with van der Waals surface area (Å²) in [5.41, 5.74) is 0. The summed E-state index contributed by atoms with van der Waals surface area (Å²) in [4.78, 5) is 24.2. The Labute approximate surface area is 274 Å². The number of methoxy groups -OCH3 is 1. The summed E-state index contributed by atoms with van der Waals surface area (Å²) in [6.45, 7) is 2.54. The molecule has 1 aliphatic rings. The molecular formula is C32H61NO13. The zero-order chi connectivity index (χ0) is 34.2. The first kappa shape index (κ1) is 42.4. The van der Waals surface area contributed by atoms with E-state index < -0.39 is 68.3 Å². The molecule has 0 bridgehead atoms. The van der Waals surface area contributed by atoms with E-state index in [9.17, 15) is 35.1 Å². The highest BCUT2D eigenvalue weighted by molar-refractivity contribution is 5.71. The lowest BCUT2D eigenvalue weighted by atomic mass is 9.92. The number of amides is 1. The number of ether oxygens (including phenoxy) is 6. The highest BCUT2D eigenvalue weighted by atomic mass is 16.7. The Hall–Kier alpha value is -1.62. The van der Waals surface area contributed by atoms with E-state index in [0.29, 0.717) is 13.0 Å². The van der Waals surface area contributed by atoms with Crippen LogP contribution in [0.2, 0.25) is 0 Å². The van der Waals surface area contributed by atoms with Crippen molar-refractivity contribution in [2.75, 3.05) is 46.9 Å². The van der Waals surface area contributed by atoms with Crippen molar-refractivity contribution >= 4 is 12.1 Å². The summed E-state index contributed by atoms with van der Waals surface area (Å²) in [5.74, 6) is -1.00. The molecule has 0 aromatic rings. The Morgan fingerprint density at radius 1 is 0.848 bits per heavy atom. The number of carbonyl (C=O) groups is 2. The molecule has 1 rings (SSSR count). The number of rotatable bonds is 27. The van der Waals surface area contributed by atoms with E-state index in [1.54, 1.807) is 0 Å². The molecule has 14 heteroatoms. The first-order chi connectivity index (χ1) is 22.2. The predicted octanol–water partition coefficient (Wildman–Crippen LogP) is 2.15. The van der Waals surface area contributed by atoms with Gasteiger partial charge in [0.1, 0.15) is 31.0 Å². The summed E-state index contributed by atoms with van der Waals surface area (Å²) < 4.78 is 30.6. The Morgan fingerprint density at radius 3 is 2.04 bits per heavy atom. The molecule has 0 radical (unpaired) electrons. The smallest absolute Gasteiger partial charge is 0.410 e. The van der Waals surface area contributed by atoms with Gasteiger partial charge in [-0.1, -0.05) is 90.9 Å². The van der Waals surface area contributed by atoms with Crippen LogP contribution in [0.5, 0.6) is 0 Å². The number of esters is 1. The van der Waals surface area contributed by atoms with Gasteiger partial charge in [-0.3, -0.25) is 0 Å². The molecular weight excluding hydrogens is 606 g/mol. The second kappa shape index (κ2) is 26.3. The molecule has 6 N–H and O–H groups in total. The predicted molar refractivity (Wildman–Crippen MR) is 168 cm³/mol. The van der Waals surface area contributed by atoms with E-state index in [4.69, 9.17) is 28.4 Å². The summed E-state index contributed by atoms with van der Waals surface area (Å²) in [7, 11) is 1.49. The molecule has 3 unspecified atom stereocenters. The number of alkyl carbamates (subject to hydrolysis) is 1. The molecule has 0 aromatic carbocycles. The maximum Gasteiger partial charge on any atom is 0.410 e. The van der Waals surface area contributed by atoms with E-state index in [1.807, 2.05) is 6.92 Å².